The minimum absolute atomic E-state index is 0.522. The third-order valence-electron chi connectivity index (χ3n) is 4.66. The van der Waals surface area contributed by atoms with Crippen molar-refractivity contribution >= 4 is 17.3 Å². The first kappa shape index (κ1) is 17.9. The summed E-state index contributed by atoms with van der Waals surface area (Å²) in [5.74, 6) is 0.522. The topological polar surface area (TPSA) is 37.7 Å². The molecule has 4 nitrogen and oxygen atoms in total. The van der Waals surface area contributed by atoms with Gasteiger partial charge in [-0.25, -0.2) is 0 Å². The maximum Gasteiger partial charge on any atom is 0.106 e. The number of benzene rings is 1. The Morgan fingerprint density at radius 2 is 2.12 bits per heavy atom. The van der Waals surface area contributed by atoms with Gasteiger partial charge in [-0.05, 0) is 49.2 Å². The van der Waals surface area contributed by atoms with E-state index in [1.54, 1.807) is 7.11 Å². The summed E-state index contributed by atoms with van der Waals surface area (Å²) in [6, 6.07) is 14.0. The van der Waals surface area contributed by atoms with E-state index in [-0.39, 0.29) is 0 Å². The molecule has 3 rings (SSSR count). The molecule has 1 aliphatic heterocycles. The maximum atomic E-state index is 5.98. The van der Waals surface area contributed by atoms with Gasteiger partial charge < -0.3 is 9.74 Å². The molecule has 5 heteroatoms. The fourth-order valence-corrected chi connectivity index (χ4v) is 3.50. The lowest BCUT2D eigenvalue weighted by atomic mass is 9.94. The van der Waals surface area contributed by atoms with E-state index in [2.05, 4.69) is 27.2 Å². The van der Waals surface area contributed by atoms with E-state index < -0.39 is 0 Å². The zero-order valence-corrected chi connectivity index (χ0v) is 15.3. The number of hydrogen-bond acceptors (Lipinski definition) is 4. The summed E-state index contributed by atoms with van der Waals surface area (Å²) in [5, 5.41) is 4.95. The van der Waals surface area contributed by atoms with Gasteiger partial charge in [0.2, 0.25) is 0 Å². The van der Waals surface area contributed by atoms with Crippen LogP contribution < -0.4 is 0 Å². The lowest BCUT2D eigenvalue weighted by Crippen LogP contribution is -2.36. The molecule has 1 fully saturated rings. The van der Waals surface area contributed by atoms with Crippen molar-refractivity contribution in [2.45, 2.75) is 25.2 Å². The lowest BCUT2D eigenvalue weighted by molar-refractivity contribution is 0.203. The smallest absolute Gasteiger partial charge is 0.106 e. The summed E-state index contributed by atoms with van der Waals surface area (Å²) in [6.45, 7) is 3.15. The molecule has 2 heterocycles. The van der Waals surface area contributed by atoms with Crippen molar-refractivity contribution in [3.63, 3.8) is 0 Å². The second-order valence-electron chi connectivity index (χ2n) is 6.37. The summed E-state index contributed by atoms with van der Waals surface area (Å²) in [4.78, 5) is 12.1. The molecule has 0 spiro atoms. The molecule has 25 heavy (non-hydrogen) atoms. The Labute approximate surface area is 154 Å². The lowest BCUT2D eigenvalue weighted by Gasteiger charge is -2.32. The van der Waals surface area contributed by atoms with Gasteiger partial charge in [0.05, 0.1) is 5.71 Å². The monoisotopic (exact) mass is 357 g/mol. The van der Waals surface area contributed by atoms with Gasteiger partial charge >= 0.3 is 0 Å². The first-order valence-electron chi connectivity index (χ1n) is 8.75. The van der Waals surface area contributed by atoms with E-state index in [9.17, 15) is 0 Å². The van der Waals surface area contributed by atoms with Crippen LogP contribution in [0, 0.1) is 0 Å². The SMILES string of the molecule is CO/N=C(/CCN1CCCC(c2ccccn2)C1)c1ccc(Cl)cc1. The molecular weight excluding hydrogens is 334 g/mol. The molecule has 0 bridgehead atoms. The fraction of sp³-hybridized carbons (Fsp3) is 0.400. The number of oxime groups is 1. The van der Waals surface area contributed by atoms with Gasteiger partial charge in [-0.1, -0.05) is 35.0 Å². The van der Waals surface area contributed by atoms with Crippen LogP contribution in [-0.4, -0.2) is 42.3 Å². The summed E-state index contributed by atoms with van der Waals surface area (Å²) >= 11 is 5.98. The molecule has 1 saturated heterocycles. The van der Waals surface area contributed by atoms with Crippen LogP contribution in [0.25, 0.3) is 0 Å². The maximum absolute atomic E-state index is 5.98. The van der Waals surface area contributed by atoms with Gasteiger partial charge in [0, 0.05) is 42.3 Å². The van der Waals surface area contributed by atoms with E-state index in [1.165, 1.54) is 18.5 Å². The molecule has 1 unspecified atom stereocenters. The Morgan fingerprint density at radius 3 is 2.84 bits per heavy atom. The number of pyridine rings is 1. The van der Waals surface area contributed by atoms with Crippen molar-refractivity contribution in [3.05, 3.63) is 64.9 Å². The average molecular weight is 358 g/mol. The molecule has 1 atom stereocenters. The van der Waals surface area contributed by atoms with Gasteiger partial charge in [0.15, 0.2) is 0 Å². The number of hydrogen-bond donors (Lipinski definition) is 0. The Kier molecular flexibility index (Phi) is 6.42. The van der Waals surface area contributed by atoms with Gasteiger partial charge in [0.1, 0.15) is 7.11 Å². The van der Waals surface area contributed by atoms with E-state index in [0.717, 1.165) is 42.4 Å². The van der Waals surface area contributed by atoms with Crippen molar-refractivity contribution < 1.29 is 4.84 Å². The van der Waals surface area contributed by atoms with E-state index in [4.69, 9.17) is 16.4 Å². The van der Waals surface area contributed by atoms with Crippen LogP contribution in [0.2, 0.25) is 5.02 Å². The predicted octanol–water partition coefficient (Wildman–Crippen LogP) is 4.36. The van der Waals surface area contributed by atoms with Crippen LogP contribution in [0.15, 0.2) is 53.8 Å². The first-order valence-corrected chi connectivity index (χ1v) is 9.13. The fourth-order valence-electron chi connectivity index (χ4n) is 3.38. The summed E-state index contributed by atoms with van der Waals surface area (Å²) in [6.07, 6.45) is 5.16. The Morgan fingerprint density at radius 1 is 1.28 bits per heavy atom. The number of halogens is 1. The average Bonchev–Trinajstić information content (AvgIpc) is 2.67. The highest BCUT2D eigenvalue weighted by atomic mass is 35.5. The molecule has 0 N–H and O–H groups in total. The van der Waals surface area contributed by atoms with Crippen molar-refractivity contribution in [3.8, 4) is 0 Å². The minimum Gasteiger partial charge on any atom is -0.399 e. The first-order chi connectivity index (χ1) is 12.3. The van der Waals surface area contributed by atoms with Crippen molar-refractivity contribution in [2.24, 2.45) is 5.16 Å². The van der Waals surface area contributed by atoms with Gasteiger partial charge in [-0.3, -0.25) is 4.98 Å². The summed E-state index contributed by atoms with van der Waals surface area (Å²) in [5.41, 5.74) is 3.22. The number of nitrogens with zero attached hydrogens (tertiary/aromatic N) is 3. The van der Waals surface area contributed by atoms with Crippen LogP contribution >= 0.6 is 11.6 Å². The van der Waals surface area contributed by atoms with Crippen molar-refractivity contribution in [1.82, 2.24) is 9.88 Å². The van der Waals surface area contributed by atoms with Crippen molar-refractivity contribution in [2.75, 3.05) is 26.7 Å². The standard InChI is InChI=1S/C20H24ClN3O/c1-25-23-20(16-7-9-18(21)10-8-16)11-14-24-13-4-5-17(15-24)19-6-2-3-12-22-19/h2-3,6-10,12,17H,4-5,11,13-15H2,1H3/b23-20-. The van der Waals surface area contributed by atoms with Gasteiger partial charge in [-0.2, -0.15) is 0 Å². The second-order valence-corrected chi connectivity index (χ2v) is 6.81. The molecule has 1 aliphatic rings. The van der Waals surface area contributed by atoms with E-state index in [0.29, 0.717) is 5.92 Å². The second kappa shape index (κ2) is 8.97. The Hall–Kier alpha value is -1.91. The molecule has 132 valence electrons. The summed E-state index contributed by atoms with van der Waals surface area (Å²) in [7, 11) is 1.59. The van der Waals surface area contributed by atoms with Crippen molar-refractivity contribution in [1.29, 1.82) is 0 Å². The third-order valence-corrected chi connectivity index (χ3v) is 4.91. The zero-order valence-electron chi connectivity index (χ0n) is 14.6. The van der Waals surface area contributed by atoms with Crippen LogP contribution in [-0.2, 0) is 4.84 Å². The minimum atomic E-state index is 0.522. The highest BCUT2D eigenvalue weighted by molar-refractivity contribution is 6.30. The highest BCUT2D eigenvalue weighted by Crippen LogP contribution is 2.25. The van der Waals surface area contributed by atoms with Crippen LogP contribution in [0.4, 0.5) is 0 Å². The number of rotatable bonds is 6. The van der Waals surface area contributed by atoms with E-state index >= 15 is 0 Å². The molecule has 0 aliphatic carbocycles. The zero-order chi connectivity index (χ0) is 17.5. The van der Waals surface area contributed by atoms with Crippen LogP contribution in [0.3, 0.4) is 0 Å². The third kappa shape index (κ3) is 5.03. The molecule has 0 radical (unpaired) electrons. The van der Waals surface area contributed by atoms with Crippen LogP contribution in [0.1, 0.15) is 36.4 Å². The van der Waals surface area contributed by atoms with E-state index in [1.807, 2.05) is 36.5 Å². The molecule has 2 aromatic rings. The van der Waals surface area contributed by atoms with Gasteiger partial charge in [0.25, 0.3) is 0 Å². The Balaban J connectivity index is 1.61. The number of aromatic nitrogens is 1. The molecule has 1 aromatic carbocycles. The van der Waals surface area contributed by atoms with Crippen LogP contribution in [0.5, 0.6) is 0 Å². The quantitative estimate of drug-likeness (QED) is 0.569. The normalized spacial score (nSPS) is 19.0. The Bertz CT molecular complexity index is 688. The van der Waals surface area contributed by atoms with Gasteiger partial charge in [-0.15, -0.1) is 0 Å². The molecular formula is C20H24ClN3O. The molecule has 0 amide bonds. The summed E-state index contributed by atoms with van der Waals surface area (Å²) < 4.78 is 0. The number of piperidine rings is 1. The number of likely N-dealkylation sites (tertiary alicyclic amines) is 1. The molecule has 1 aromatic heterocycles. The predicted molar refractivity (Wildman–Crippen MR) is 102 cm³/mol. The highest BCUT2D eigenvalue weighted by Gasteiger charge is 2.22. The largest absolute Gasteiger partial charge is 0.399 e. The molecule has 0 saturated carbocycles.